The molecule has 0 bridgehead atoms. The number of carboxylic acids is 1. The average molecular weight is 481 g/mol. The van der Waals surface area contributed by atoms with Crippen LogP contribution in [0.4, 0.5) is 4.79 Å². The second kappa shape index (κ2) is 9.94. The van der Waals surface area contributed by atoms with Crippen LogP contribution in [0.25, 0.3) is 0 Å². The van der Waals surface area contributed by atoms with E-state index in [1.54, 1.807) is 13.8 Å². The molecule has 13 nitrogen and oxygen atoms in total. The summed E-state index contributed by atoms with van der Waals surface area (Å²) in [6.45, 7) is 3.52. The number of aromatic nitrogens is 1. The van der Waals surface area contributed by atoms with Crippen LogP contribution in [0.2, 0.25) is 0 Å². The number of carbonyl (C=O) groups excluding carboxylic acids is 5. The van der Waals surface area contributed by atoms with Gasteiger partial charge in [0.05, 0.1) is 29.7 Å². The van der Waals surface area contributed by atoms with Crippen LogP contribution in [0.1, 0.15) is 46.1 Å². The van der Waals surface area contributed by atoms with Gasteiger partial charge >= 0.3 is 12.0 Å². The lowest BCUT2D eigenvalue weighted by atomic mass is 10.1. The monoisotopic (exact) mass is 480 g/mol. The topological polar surface area (TPSA) is 169 Å². The Bertz CT molecular complexity index is 995. The molecule has 2 saturated heterocycles. The second-order valence-corrected chi connectivity index (χ2v) is 8.84. The number of carboxylic acid groups (broad SMARTS) is 1. The first kappa shape index (κ1) is 24.1. The van der Waals surface area contributed by atoms with Gasteiger partial charge in [-0.15, -0.1) is 11.3 Å². The highest BCUT2D eigenvalue weighted by molar-refractivity contribution is 7.13. The predicted molar refractivity (Wildman–Crippen MR) is 113 cm³/mol. The lowest BCUT2D eigenvalue weighted by Gasteiger charge is -2.42. The molecule has 0 radical (unpaired) electrons. The number of urea groups is 1. The molecule has 0 unspecified atom stereocenters. The van der Waals surface area contributed by atoms with Crippen LogP contribution in [0, 0.1) is 13.8 Å². The van der Waals surface area contributed by atoms with Crippen molar-refractivity contribution in [2.75, 3.05) is 13.1 Å². The number of hydrogen-bond acceptors (Lipinski definition) is 8. The van der Waals surface area contributed by atoms with Crippen LogP contribution >= 0.6 is 11.3 Å². The van der Waals surface area contributed by atoms with Crippen LogP contribution in [0.5, 0.6) is 0 Å². The normalized spacial score (nSPS) is 19.5. The number of aldehydes is 1. The minimum absolute atomic E-state index is 0.0759. The molecule has 1 aromatic heterocycles. The smallest absolute Gasteiger partial charge is 0.358 e. The molecular weight excluding hydrogens is 456 g/mol. The standard InChI is InChI=1S/C19H24N6O7S/c1-10-16(33-11(2)20-10)18(31)22-23-7-5-14(27)24-6-3-4-13(25(24)19(23)32)17(30)21-12(9-26)8-15(28)29/h9,12-13H,3-8H2,1-2H3,(H,21,30)(H,22,31)(H,28,29)/t12-,13-/m0/s1. The predicted octanol–water partition coefficient (Wildman–Crippen LogP) is -0.403. The van der Waals surface area contributed by atoms with Crippen LogP contribution in [-0.2, 0) is 19.2 Å². The van der Waals surface area contributed by atoms with Crippen LogP contribution in [0.3, 0.4) is 0 Å². The lowest BCUT2D eigenvalue weighted by Crippen LogP contribution is -2.64. The molecule has 3 N–H and O–H groups in total. The Kier molecular flexibility index (Phi) is 7.26. The van der Waals surface area contributed by atoms with Crippen molar-refractivity contribution < 1.29 is 33.9 Å². The van der Waals surface area contributed by atoms with Crippen molar-refractivity contribution in [2.45, 2.75) is 51.6 Å². The minimum Gasteiger partial charge on any atom is -0.481 e. The largest absolute Gasteiger partial charge is 0.481 e. The molecule has 0 aromatic carbocycles. The third-order valence-corrected chi connectivity index (χ3v) is 6.27. The van der Waals surface area contributed by atoms with E-state index in [0.29, 0.717) is 28.3 Å². The van der Waals surface area contributed by atoms with Gasteiger partial charge in [0.1, 0.15) is 17.2 Å². The minimum atomic E-state index is -1.28. The molecule has 3 rings (SSSR count). The van der Waals surface area contributed by atoms with Gasteiger partial charge in [-0.25, -0.2) is 24.8 Å². The van der Waals surface area contributed by atoms with Crippen molar-refractivity contribution in [2.24, 2.45) is 0 Å². The molecule has 1 aromatic rings. The van der Waals surface area contributed by atoms with E-state index >= 15 is 0 Å². The summed E-state index contributed by atoms with van der Waals surface area (Å²) in [5, 5.41) is 15.0. The maximum absolute atomic E-state index is 13.3. The number of hydrogen-bond donors (Lipinski definition) is 3. The third kappa shape index (κ3) is 5.27. The number of aliphatic carboxylic acids is 1. The maximum Gasteiger partial charge on any atom is 0.358 e. The molecule has 178 valence electrons. The van der Waals surface area contributed by atoms with Gasteiger partial charge in [-0.3, -0.25) is 24.6 Å². The van der Waals surface area contributed by atoms with Crippen LogP contribution in [0.15, 0.2) is 0 Å². The first-order valence-corrected chi connectivity index (χ1v) is 11.1. The van der Waals surface area contributed by atoms with E-state index in [1.807, 2.05) is 0 Å². The molecule has 0 spiro atoms. The molecular formula is C19H24N6O7S. The van der Waals surface area contributed by atoms with Crippen molar-refractivity contribution >= 4 is 47.3 Å². The van der Waals surface area contributed by atoms with E-state index in [0.717, 1.165) is 26.4 Å². The van der Waals surface area contributed by atoms with E-state index in [4.69, 9.17) is 5.11 Å². The summed E-state index contributed by atoms with van der Waals surface area (Å²) in [7, 11) is 0. The molecule has 2 aliphatic heterocycles. The Morgan fingerprint density at radius 2 is 2.00 bits per heavy atom. The Morgan fingerprint density at radius 3 is 2.61 bits per heavy atom. The third-order valence-electron chi connectivity index (χ3n) is 5.20. The first-order valence-electron chi connectivity index (χ1n) is 10.3. The quantitative estimate of drug-likeness (QED) is 0.443. The molecule has 33 heavy (non-hydrogen) atoms. The molecule has 5 amide bonds. The van der Waals surface area contributed by atoms with Crippen molar-refractivity contribution in [3.05, 3.63) is 15.6 Å². The lowest BCUT2D eigenvalue weighted by molar-refractivity contribution is -0.155. The van der Waals surface area contributed by atoms with Crippen molar-refractivity contribution in [1.29, 1.82) is 0 Å². The maximum atomic E-state index is 13.3. The Balaban J connectivity index is 1.82. The number of rotatable bonds is 7. The Hall–Kier alpha value is -3.55. The Morgan fingerprint density at radius 1 is 1.27 bits per heavy atom. The number of fused-ring (bicyclic) bond motifs is 1. The summed E-state index contributed by atoms with van der Waals surface area (Å²) >= 11 is 1.16. The number of hydrazine groups is 2. The van der Waals surface area contributed by atoms with E-state index in [9.17, 15) is 28.8 Å². The van der Waals surface area contributed by atoms with Gasteiger partial charge in [-0.2, -0.15) is 0 Å². The van der Waals surface area contributed by atoms with Crippen molar-refractivity contribution in [1.82, 2.24) is 30.8 Å². The summed E-state index contributed by atoms with van der Waals surface area (Å²) in [4.78, 5) is 78.1. The van der Waals surface area contributed by atoms with E-state index in [2.05, 4.69) is 15.7 Å². The van der Waals surface area contributed by atoms with Gasteiger partial charge in [0.25, 0.3) is 5.91 Å². The van der Waals surface area contributed by atoms with Gasteiger partial charge in [0, 0.05) is 13.0 Å². The van der Waals surface area contributed by atoms with E-state index in [-0.39, 0.29) is 25.9 Å². The fourth-order valence-electron chi connectivity index (χ4n) is 3.73. The average Bonchev–Trinajstić information content (AvgIpc) is 3.06. The molecule has 0 saturated carbocycles. The zero-order chi connectivity index (χ0) is 24.3. The summed E-state index contributed by atoms with van der Waals surface area (Å²) in [5.41, 5.74) is 3.00. The summed E-state index contributed by atoms with van der Waals surface area (Å²) in [6.07, 6.45) is 0.217. The van der Waals surface area contributed by atoms with E-state index < -0.39 is 48.2 Å². The molecule has 2 atom stereocenters. The van der Waals surface area contributed by atoms with E-state index in [1.165, 1.54) is 0 Å². The number of aryl methyl sites for hydroxylation is 2. The van der Waals surface area contributed by atoms with Crippen molar-refractivity contribution in [3.63, 3.8) is 0 Å². The highest BCUT2D eigenvalue weighted by Gasteiger charge is 2.44. The number of nitrogens with one attached hydrogen (secondary N) is 2. The van der Waals surface area contributed by atoms with Crippen LogP contribution < -0.4 is 10.7 Å². The molecule has 14 heteroatoms. The fourth-order valence-corrected chi connectivity index (χ4v) is 4.54. The molecule has 2 fully saturated rings. The molecule has 0 aliphatic carbocycles. The summed E-state index contributed by atoms with van der Waals surface area (Å²) < 4.78 is 0. The zero-order valence-corrected chi connectivity index (χ0v) is 18.9. The highest BCUT2D eigenvalue weighted by Crippen LogP contribution is 2.24. The number of carbonyl (C=O) groups is 6. The Labute approximate surface area is 192 Å². The highest BCUT2D eigenvalue weighted by atomic mass is 32.1. The summed E-state index contributed by atoms with van der Waals surface area (Å²) in [5.74, 6) is -3.00. The zero-order valence-electron chi connectivity index (χ0n) is 18.1. The molecule has 2 aliphatic rings. The van der Waals surface area contributed by atoms with Gasteiger partial charge in [0.15, 0.2) is 0 Å². The number of thiazole rings is 1. The number of nitrogens with zero attached hydrogens (tertiary/aromatic N) is 4. The number of amides is 5. The van der Waals surface area contributed by atoms with Gasteiger partial charge in [-0.05, 0) is 26.7 Å². The van der Waals surface area contributed by atoms with Crippen LogP contribution in [-0.4, -0.2) is 86.3 Å². The van der Waals surface area contributed by atoms with Gasteiger partial charge in [-0.1, -0.05) is 0 Å². The summed E-state index contributed by atoms with van der Waals surface area (Å²) in [6, 6.07) is -3.22. The SMILES string of the molecule is Cc1nc(C)c(C(=O)NN2CCC(=O)N3CCC[C@@H](C(=O)N[C@H](C=O)CC(=O)O)N3C2=O)s1. The van der Waals surface area contributed by atoms with Gasteiger partial charge in [0.2, 0.25) is 11.8 Å². The first-order chi connectivity index (χ1) is 15.6. The molecule has 3 heterocycles. The fraction of sp³-hybridized carbons (Fsp3) is 0.526. The van der Waals surface area contributed by atoms with Crippen molar-refractivity contribution in [3.8, 4) is 0 Å². The second-order valence-electron chi connectivity index (χ2n) is 7.64. The van der Waals surface area contributed by atoms with Gasteiger partial charge < -0.3 is 15.2 Å².